The lowest BCUT2D eigenvalue weighted by atomic mass is 9.81. The Hall–Kier alpha value is -1.49. The molecular formula is C13H17FN2O2. The van der Waals surface area contributed by atoms with E-state index in [2.05, 4.69) is 0 Å². The molecule has 2 atom stereocenters. The Bertz CT molecular complexity index is 451. The van der Waals surface area contributed by atoms with Crippen molar-refractivity contribution in [2.75, 3.05) is 0 Å². The van der Waals surface area contributed by atoms with E-state index < -0.39 is 16.4 Å². The number of nitrogens with two attached hydrogens (primary N) is 1. The predicted octanol–water partition coefficient (Wildman–Crippen LogP) is 2.79. The first-order valence-corrected chi connectivity index (χ1v) is 6.26. The van der Waals surface area contributed by atoms with Crippen LogP contribution in [0.25, 0.3) is 0 Å². The molecule has 1 fully saturated rings. The lowest BCUT2D eigenvalue weighted by Gasteiger charge is -2.28. The number of hydrogen-bond donors (Lipinski definition) is 1. The van der Waals surface area contributed by atoms with E-state index in [1.807, 2.05) is 0 Å². The van der Waals surface area contributed by atoms with Crippen molar-refractivity contribution in [3.8, 4) is 0 Å². The summed E-state index contributed by atoms with van der Waals surface area (Å²) in [6.45, 7) is 0. The molecule has 1 saturated carbocycles. The minimum Gasteiger partial charge on any atom is -0.327 e. The van der Waals surface area contributed by atoms with Crippen LogP contribution in [0.2, 0.25) is 0 Å². The Morgan fingerprint density at radius 3 is 2.72 bits per heavy atom. The van der Waals surface area contributed by atoms with Crippen molar-refractivity contribution >= 4 is 5.69 Å². The van der Waals surface area contributed by atoms with Gasteiger partial charge in [0.15, 0.2) is 0 Å². The summed E-state index contributed by atoms with van der Waals surface area (Å²) in [5.41, 5.74) is 6.37. The lowest BCUT2D eigenvalue weighted by Crippen LogP contribution is -2.34. The van der Waals surface area contributed by atoms with E-state index in [4.69, 9.17) is 5.73 Å². The van der Waals surface area contributed by atoms with Gasteiger partial charge in [-0.3, -0.25) is 10.1 Å². The summed E-state index contributed by atoms with van der Waals surface area (Å²) in [5, 5.41) is 10.5. The Balaban J connectivity index is 2.10. The van der Waals surface area contributed by atoms with E-state index >= 15 is 0 Å². The molecule has 0 aromatic heterocycles. The Kier molecular flexibility index (Phi) is 3.91. The van der Waals surface area contributed by atoms with Crippen molar-refractivity contribution in [2.24, 2.45) is 11.7 Å². The van der Waals surface area contributed by atoms with E-state index in [1.54, 1.807) is 6.07 Å². The molecule has 0 radical (unpaired) electrons. The van der Waals surface area contributed by atoms with Crippen LogP contribution in [-0.4, -0.2) is 11.0 Å². The highest BCUT2D eigenvalue weighted by molar-refractivity contribution is 5.35. The highest BCUT2D eigenvalue weighted by atomic mass is 19.1. The molecule has 0 spiro atoms. The number of hydrogen-bond acceptors (Lipinski definition) is 3. The van der Waals surface area contributed by atoms with Crippen LogP contribution in [0.3, 0.4) is 0 Å². The summed E-state index contributed by atoms with van der Waals surface area (Å²) in [4.78, 5) is 9.82. The van der Waals surface area contributed by atoms with Gasteiger partial charge in [-0.25, -0.2) is 0 Å². The van der Waals surface area contributed by atoms with Gasteiger partial charge in [0.25, 0.3) is 0 Å². The van der Waals surface area contributed by atoms with Gasteiger partial charge in [0.05, 0.1) is 4.92 Å². The van der Waals surface area contributed by atoms with E-state index in [-0.39, 0.29) is 6.04 Å². The minimum absolute atomic E-state index is 0.164. The largest absolute Gasteiger partial charge is 0.327 e. The molecule has 18 heavy (non-hydrogen) atoms. The number of halogens is 1. The molecule has 4 nitrogen and oxygen atoms in total. The van der Waals surface area contributed by atoms with Crippen molar-refractivity contribution in [3.63, 3.8) is 0 Å². The Morgan fingerprint density at radius 2 is 2.11 bits per heavy atom. The highest BCUT2D eigenvalue weighted by Crippen LogP contribution is 2.27. The first kappa shape index (κ1) is 13.0. The summed E-state index contributed by atoms with van der Waals surface area (Å²) in [7, 11) is 0. The summed E-state index contributed by atoms with van der Waals surface area (Å²) in [6.07, 6.45) is 5.09. The third kappa shape index (κ3) is 2.85. The van der Waals surface area contributed by atoms with Gasteiger partial charge in [-0.15, -0.1) is 0 Å². The molecule has 0 saturated heterocycles. The first-order valence-electron chi connectivity index (χ1n) is 6.26. The topological polar surface area (TPSA) is 69.2 Å². The first-order chi connectivity index (χ1) is 8.58. The van der Waals surface area contributed by atoms with Crippen molar-refractivity contribution in [1.29, 1.82) is 0 Å². The quantitative estimate of drug-likeness (QED) is 0.664. The molecule has 5 heteroatoms. The average Bonchev–Trinajstić information content (AvgIpc) is 2.32. The van der Waals surface area contributed by atoms with E-state index in [9.17, 15) is 14.5 Å². The van der Waals surface area contributed by atoms with Gasteiger partial charge >= 0.3 is 5.69 Å². The fourth-order valence-corrected chi connectivity index (χ4v) is 2.62. The van der Waals surface area contributed by atoms with Crippen molar-refractivity contribution in [1.82, 2.24) is 0 Å². The molecule has 2 N–H and O–H groups in total. The molecule has 0 aliphatic heterocycles. The molecule has 98 valence electrons. The summed E-state index contributed by atoms with van der Waals surface area (Å²) >= 11 is 0. The van der Waals surface area contributed by atoms with Gasteiger partial charge in [-0.1, -0.05) is 18.9 Å². The van der Waals surface area contributed by atoms with Crippen molar-refractivity contribution in [2.45, 2.75) is 38.1 Å². The molecule has 1 aliphatic carbocycles. The second-order valence-electron chi connectivity index (χ2n) is 4.96. The number of rotatable bonds is 3. The predicted molar refractivity (Wildman–Crippen MR) is 66.7 cm³/mol. The summed E-state index contributed by atoms with van der Waals surface area (Å²) in [5.74, 6) is -0.401. The van der Waals surface area contributed by atoms with E-state index in [0.717, 1.165) is 31.2 Å². The second-order valence-corrected chi connectivity index (χ2v) is 4.96. The van der Waals surface area contributed by atoms with Crippen LogP contribution in [0.5, 0.6) is 0 Å². The molecule has 2 unspecified atom stereocenters. The molecule has 1 aromatic rings. The third-order valence-electron chi connectivity index (χ3n) is 3.67. The fourth-order valence-electron chi connectivity index (χ4n) is 2.62. The normalized spacial score (nSPS) is 23.9. The third-order valence-corrected chi connectivity index (χ3v) is 3.67. The maximum Gasteiger partial charge on any atom is 0.304 e. The number of nitrogens with zero attached hydrogens (tertiary/aromatic N) is 1. The number of nitro benzene ring substituents is 1. The van der Waals surface area contributed by atoms with Gasteiger partial charge in [-0.05, 0) is 36.8 Å². The molecule has 0 bridgehead atoms. The van der Waals surface area contributed by atoms with Crippen molar-refractivity contribution in [3.05, 3.63) is 39.7 Å². The van der Waals surface area contributed by atoms with E-state index in [0.29, 0.717) is 12.3 Å². The maximum atomic E-state index is 13.5. The van der Waals surface area contributed by atoms with Crippen LogP contribution in [0.1, 0.15) is 31.2 Å². The van der Waals surface area contributed by atoms with Crippen LogP contribution in [0.15, 0.2) is 18.2 Å². The Labute approximate surface area is 105 Å². The van der Waals surface area contributed by atoms with Gasteiger partial charge in [-0.2, -0.15) is 4.39 Å². The van der Waals surface area contributed by atoms with Crippen LogP contribution in [0.4, 0.5) is 10.1 Å². The Morgan fingerprint density at radius 1 is 1.39 bits per heavy atom. The smallest absolute Gasteiger partial charge is 0.304 e. The lowest BCUT2D eigenvalue weighted by molar-refractivity contribution is -0.387. The van der Waals surface area contributed by atoms with Crippen molar-refractivity contribution < 1.29 is 9.31 Å². The highest BCUT2D eigenvalue weighted by Gasteiger charge is 2.23. The molecule has 2 rings (SSSR count). The van der Waals surface area contributed by atoms with Gasteiger partial charge in [0, 0.05) is 12.1 Å². The second kappa shape index (κ2) is 5.44. The molecule has 0 heterocycles. The van der Waals surface area contributed by atoms with Gasteiger partial charge < -0.3 is 5.73 Å². The summed E-state index contributed by atoms with van der Waals surface area (Å²) < 4.78 is 13.5. The molecular weight excluding hydrogens is 235 g/mol. The van der Waals surface area contributed by atoms with E-state index in [1.165, 1.54) is 12.1 Å². The zero-order valence-electron chi connectivity index (χ0n) is 10.1. The SMILES string of the molecule is NC1CCCCC1Cc1ccc([N+](=O)[O-])c(F)c1. The average molecular weight is 252 g/mol. The minimum atomic E-state index is -0.762. The zero-order chi connectivity index (χ0) is 13.1. The molecule has 1 aliphatic rings. The van der Waals surface area contributed by atoms with Crippen LogP contribution < -0.4 is 5.73 Å². The van der Waals surface area contributed by atoms with Crippen LogP contribution in [0, 0.1) is 21.8 Å². The number of benzene rings is 1. The maximum absolute atomic E-state index is 13.5. The fraction of sp³-hybridized carbons (Fsp3) is 0.538. The summed E-state index contributed by atoms with van der Waals surface area (Å²) in [6, 6.07) is 4.29. The number of nitro groups is 1. The monoisotopic (exact) mass is 252 g/mol. The zero-order valence-corrected chi connectivity index (χ0v) is 10.1. The van der Waals surface area contributed by atoms with Crippen LogP contribution >= 0.6 is 0 Å². The van der Waals surface area contributed by atoms with Gasteiger partial charge in [0.1, 0.15) is 0 Å². The molecule has 0 amide bonds. The molecule has 1 aromatic carbocycles. The van der Waals surface area contributed by atoms with Crippen LogP contribution in [-0.2, 0) is 6.42 Å². The van der Waals surface area contributed by atoms with Gasteiger partial charge in [0.2, 0.25) is 5.82 Å². The standard InChI is InChI=1S/C13H17FN2O2/c14-11-8-9(5-6-13(11)16(17)18)7-10-3-1-2-4-12(10)15/h5-6,8,10,12H,1-4,7,15H2.